The van der Waals surface area contributed by atoms with Gasteiger partial charge in [0.05, 0.1) is 17.6 Å². The van der Waals surface area contributed by atoms with Gasteiger partial charge in [-0.05, 0) is 23.8 Å². The number of anilines is 1. The van der Waals surface area contributed by atoms with E-state index in [4.69, 9.17) is 5.41 Å². The van der Waals surface area contributed by atoms with Gasteiger partial charge in [-0.1, -0.05) is 59.5 Å². The number of aliphatic hydroxyl groups excluding tert-OH is 1. The van der Waals surface area contributed by atoms with Crippen LogP contribution in [-0.2, 0) is 12.3 Å². The van der Waals surface area contributed by atoms with Crippen LogP contribution >= 0.6 is 23.1 Å². The van der Waals surface area contributed by atoms with E-state index in [-0.39, 0.29) is 45.9 Å². The highest BCUT2D eigenvalue weighted by Gasteiger charge is 2.19. The summed E-state index contributed by atoms with van der Waals surface area (Å²) in [5.41, 5.74) is 1.21. The van der Waals surface area contributed by atoms with Gasteiger partial charge >= 0.3 is 0 Å². The Bertz CT molecular complexity index is 1660. The Balaban J connectivity index is 1.47. The third-order valence-corrected chi connectivity index (χ3v) is 7.26. The fourth-order valence-corrected chi connectivity index (χ4v) is 5.28. The van der Waals surface area contributed by atoms with Crippen molar-refractivity contribution in [2.24, 2.45) is 0 Å². The van der Waals surface area contributed by atoms with Gasteiger partial charge in [0, 0.05) is 18.5 Å². The Morgan fingerprint density at radius 3 is 2.74 bits per heavy atom. The first kappa shape index (κ1) is 22.9. The molecule has 0 saturated heterocycles. The second-order valence-corrected chi connectivity index (χ2v) is 9.67. The number of carbonyl (C=O) groups is 1. The fourth-order valence-electron chi connectivity index (χ4n) is 3.58. The van der Waals surface area contributed by atoms with Gasteiger partial charge in [0.1, 0.15) is 16.8 Å². The average Bonchev–Trinajstić information content (AvgIpc) is 3.32. The van der Waals surface area contributed by atoms with Crippen molar-refractivity contribution in [2.75, 3.05) is 11.9 Å². The van der Waals surface area contributed by atoms with E-state index in [2.05, 4.69) is 20.5 Å². The maximum atomic E-state index is 13.1. The normalized spacial score (nSPS) is 11.2. The van der Waals surface area contributed by atoms with Crippen molar-refractivity contribution < 1.29 is 9.90 Å². The van der Waals surface area contributed by atoms with E-state index in [9.17, 15) is 14.7 Å². The monoisotopic (exact) mass is 505 g/mol. The quantitative estimate of drug-likeness (QED) is 0.175. The molecule has 0 aliphatic heterocycles. The summed E-state index contributed by atoms with van der Waals surface area (Å²) in [4.78, 5) is 30.7. The Morgan fingerprint density at radius 1 is 1.14 bits per heavy atom. The maximum Gasteiger partial charge on any atom is 0.267 e. The minimum atomic E-state index is -0.600. The van der Waals surface area contributed by atoms with Gasteiger partial charge in [0.25, 0.3) is 11.5 Å². The number of fused-ring (bicyclic) bond motifs is 2. The van der Waals surface area contributed by atoms with Crippen molar-refractivity contribution in [3.8, 4) is 0 Å². The molecule has 176 valence electrons. The molecule has 0 fully saturated rings. The summed E-state index contributed by atoms with van der Waals surface area (Å²) in [5.74, 6) is 0.119. The van der Waals surface area contributed by atoms with E-state index in [0.717, 1.165) is 11.3 Å². The summed E-state index contributed by atoms with van der Waals surface area (Å²) < 4.78 is 3.43. The van der Waals surface area contributed by atoms with Crippen LogP contribution in [0.1, 0.15) is 15.9 Å². The van der Waals surface area contributed by atoms with E-state index in [0.29, 0.717) is 9.99 Å². The number of aliphatic hydroxyl groups is 1. The first-order chi connectivity index (χ1) is 17.0. The topological polar surface area (TPSA) is 138 Å². The third-order valence-electron chi connectivity index (χ3n) is 5.22. The molecule has 1 aromatic carbocycles. The zero-order valence-electron chi connectivity index (χ0n) is 18.2. The smallest absolute Gasteiger partial charge is 0.267 e. The van der Waals surface area contributed by atoms with Crippen LogP contribution < -0.4 is 16.4 Å². The van der Waals surface area contributed by atoms with Gasteiger partial charge in [0.15, 0.2) is 4.34 Å². The number of carbonyl (C=O) groups excluding carboxylic acids is 1. The van der Waals surface area contributed by atoms with Crippen LogP contribution in [0.2, 0.25) is 0 Å². The molecular weight excluding hydrogens is 486 g/mol. The molecule has 12 heteroatoms. The molecule has 4 heterocycles. The number of hydrogen-bond acceptors (Lipinski definition) is 9. The van der Waals surface area contributed by atoms with E-state index < -0.39 is 5.91 Å². The predicted molar refractivity (Wildman–Crippen MR) is 134 cm³/mol. The van der Waals surface area contributed by atoms with Crippen LogP contribution in [0.5, 0.6) is 0 Å². The number of nitrogens with zero attached hydrogens (tertiary/aromatic N) is 5. The second kappa shape index (κ2) is 9.78. The molecule has 0 bridgehead atoms. The number of amides is 1. The van der Waals surface area contributed by atoms with Crippen molar-refractivity contribution in [1.82, 2.24) is 24.1 Å². The standard InChI is InChI=1S/C23H19N7O3S2/c24-18-15(20(32)26-22-27-28-23(35-22)34-13-14-6-2-1-3-7-14)12-16-19(30(18)10-11-31)25-17-8-4-5-9-29(17)21(16)33/h1-9,12,24,31H,10-11,13H2,(H,26,27,32). The number of benzene rings is 1. The molecule has 4 aromatic heterocycles. The molecule has 10 nitrogen and oxygen atoms in total. The summed E-state index contributed by atoms with van der Waals surface area (Å²) in [6.45, 7) is -0.282. The molecule has 0 aliphatic rings. The fraction of sp³-hybridized carbons (Fsp3) is 0.130. The largest absolute Gasteiger partial charge is 0.395 e. The predicted octanol–water partition coefficient (Wildman–Crippen LogP) is 2.52. The zero-order chi connectivity index (χ0) is 24.4. The van der Waals surface area contributed by atoms with Crippen molar-refractivity contribution in [2.45, 2.75) is 16.6 Å². The molecule has 0 aliphatic carbocycles. The van der Waals surface area contributed by atoms with Crippen LogP contribution in [-0.4, -0.2) is 41.8 Å². The lowest BCUT2D eigenvalue weighted by atomic mass is 10.2. The first-order valence-corrected chi connectivity index (χ1v) is 12.4. The number of thioether (sulfide) groups is 1. The molecule has 5 aromatic rings. The Morgan fingerprint density at radius 2 is 1.94 bits per heavy atom. The summed E-state index contributed by atoms with van der Waals surface area (Å²) in [5, 5.41) is 29.4. The Kier molecular flexibility index (Phi) is 6.40. The van der Waals surface area contributed by atoms with Crippen molar-refractivity contribution in [3.63, 3.8) is 0 Å². The van der Waals surface area contributed by atoms with Crippen LogP contribution in [0.4, 0.5) is 5.13 Å². The van der Waals surface area contributed by atoms with Crippen molar-refractivity contribution in [1.29, 1.82) is 5.41 Å². The lowest BCUT2D eigenvalue weighted by molar-refractivity contribution is 0.102. The molecule has 0 spiro atoms. The molecule has 0 saturated carbocycles. The van der Waals surface area contributed by atoms with E-state index in [1.54, 1.807) is 24.4 Å². The van der Waals surface area contributed by atoms with Crippen molar-refractivity contribution in [3.05, 3.63) is 87.8 Å². The molecule has 35 heavy (non-hydrogen) atoms. The van der Waals surface area contributed by atoms with Gasteiger partial charge in [-0.15, -0.1) is 10.2 Å². The maximum absolute atomic E-state index is 13.1. The highest BCUT2D eigenvalue weighted by atomic mass is 32.2. The SMILES string of the molecule is N=c1c(C(=O)Nc2nnc(SCc3ccccc3)s2)cc2c(=O)n3ccccc3nc2n1CCO. The van der Waals surface area contributed by atoms with Gasteiger partial charge in [-0.2, -0.15) is 0 Å². The van der Waals surface area contributed by atoms with E-state index >= 15 is 0 Å². The lowest BCUT2D eigenvalue weighted by Crippen LogP contribution is -2.32. The Labute approximate surface area is 206 Å². The molecule has 0 unspecified atom stereocenters. The second-order valence-electron chi connectivity index (χ2n) is 7.47. The molecule has 0 radical (unpaired) electrons. The van der Waals surface area contributed by atoms with Crippen LogP contribution in [0.3, 0.4) is 0 Å². The van der Waals surface area contributed by atoms with Crippen molar-refractivity contribution >= 4 is 50.8 Å². The summed E-state index contributed by atoms with van der Waals surface area (Å²) in [6.07, 6.45) is 1.59. The number of pyridine rings is 2. The first-order valence-electron chi connectivity index (χ1n) is 10.6. The number of aromatic nitrogens is 5. The van der Waals surface area contributed by atoms with Gasteiger partial charge < -0.3 is 9.67 Å². The molecule has 0 atom stereocenters. The summed E-state index contributed by atoms with van der Waals surface area (Å²) in [6, 6.07) is 16.4. The number of nitrogens with one attached hydrogen (secondary N) is 2. The highest BCUT2D eigenvalue weighted by molar-refractivity contribution is 8.00. The van der Waals surface area contributed by atoms with Crippen LogP contribution in [0.15, 0.2) is 69.9 Å². The van der Waals surface area contributed by atoms with E-state index in [1.807, 2.05) is 30.3 Å². The average molecular weight is 506 g/mol. The van der Waals surface area contributed by atoms with Crippen LogP contribution in [0, 0.1) is 5.41 Å². The van der Waals surface area contributed by atoms with Gasteiger partial charge in [-0.3, -0.25) is 24.7 Å². The van der Waals surface area contributed by atoms with Gasteiger partial charge in [-0.25, -0.2) is 4.98 Å². The highest BCUT2D eigenvalue weighted by Crippen LogP contribution is 2.28. The summed E-state index contributed by atoms with van der Waals surface area (Å²) in [7, 11) is 0. The Hall–Kier alpha value is -3.87. The van der Waals surface area contributed by atoms with Gasteiger partial charge in [0.2, 0.25) is 5.13 Å². The molecule has 1 amide bonds. The minimum absolute atomic E-state index is 0.00494. The zero-order valence-corrected chi connectivity index (χ0v) is 19.8. The lowest BCUT2D eigenvalue weighted by Gasteiger charge is -2.13. The van der Waals surface area contributed by atoms with Crippen LogP contribution in [0.25, 0.3) is 16.7 Å². The van der Waals surface area contributed by atoms with E-state index in [1.165, 1.54) is 38.1 Å². The molecular formula is C23H19N7O3S2. The number of hydrogen-bond donors (Lipinski definition) is 3. The minimum Gasteiger partial charge on any atom is -0.395 e. The number of rotatable bonds is 7. The molecule has 3 N–H and O–H groups in total. The summed E-state index contributed by atoms with van der Waals surface area (Å²) >= 11 is 2.73. The molecule has 5 rings (SSSR count). The third kappa shape index (κ3) is 4.58.